The molecule has 0 atom stereocenters. The number of rotatable bonds is 5. The number of carbonyl (C=O) groups is 2. The molecule has 128 valence electrons. The molecule has 3 heterocycles. The van der Waals surface area contributed by atoms with Crippen LogP contribution in [0.15, 0.2) is 16.8 Å². The van der Waals surface area contributed by atoms with Crippen LogP contribution in [0.3, 0.4) is 0 Å². The number of H-pyrrole nitrogens is 1. The Labute approximate surface area is 144 Å². The van der Waals surface area contributed by atoms with Crippen LogP contribution in [0.1, 0.15) is 47.7 Å². The monoisotopic (exact) mass is 348 g/mol. The maximum atomic E-state index is 12.3. The topological polar surface area (TPSA) is 88.2 Å². The van der Waals surface area contributed by atoms with E-state index in [9.17, 15) is 9.59 Å². The summed E-state index contributed by atoms with van der Waals surface area (Å²) in [6, 6.07) is 1.99. The summed E-state index contributed by atoms with van der Waals surface area (Å²) in [5.74, 6) is 0.608. The molecule has 0 spiro atoms. The molecule has 7 nitrogen and oxygen atoms in total. The van der Waals surface area contributed by atoms with Crippen LogP contribution in [0.4, 0.5) is 0 Å². The number of carbonyl (C=O) groups excluding carboxylic acids is 2. The Hall–Kier alpha value is -2.22. The highest BCUT2D eigenvalue weighted by atomic mass is 32.1. The summed E-state index contributed by atoms with van der Waals surface area (Å²) in [5, 5.41) is 10.8. The van der Waals surface area contributed by atoms with E-state index in [1.54, 1.807) is 18.3 Å². The fourth-order valence-electron chi connectivity index (χ4n) is 2.83. The summed E-state index contributed by atoms with van der Waals surface area (Å²) < 4.78 is 4.89. The van der Waals surface area contributed by atoms with Gasteiger partial charge in [0.1, 0.15) is 5.82 Å². The van der Waals surface area contributed by atoms with E-state index in [4.69, 9.17) is 4.74 Å². The van der Waals surface area contributed by atoms with Crippen LogP contribution in [0, 0.1) is 0 Å². The zero-order chi connectivity index (χ0) is 16.9. The van der Waals surface area contributed by atoms with Gasteiger partial charge in [-0.3, -0.25) is 9.89 Å². The lowest BCUT2D eigenvalue weighted by molar-refractivity contribution is -0.131. The van der Waals surface area contributed by atoms with E-state index in [1.807, 2.05) is 21.7 Å². The Balaban J connectivity index is 1.53. The van der Waals surface area contributed by atoms with E-state index in [0.717, 1.165) is 18.4 Å². The fourth-order valence-corrected chi connectivity index (χ4v) is 3.49. The first kappa shape index (κ1) is 16.6. The lowest BCUT2D eigenvalue weighted by Gasteiger charge is -2.31. The second-order valence-electron chi connectivity index (χ2n) is 5.73. The van der Waals surface area contributed by atoms with Crippen molar-refractivity contribution in [2.45, 2.75) is 32.1 Å². The van der Waals surface area contributed by atoms with E-state index in [1.165, 1.54) is 0 Å². The van der Waals surface area contributed by atoms with Gasteiger partial charge in [0.15, 0.2) is 0 Å². The van der Waals surface area contributed by atoms with Crippen LogP contribution in [-0.4, -0.2) is 51.7 Å². The second-order valence-corrected chi connectivity index (χ2v) is 6.51. The van der Waals surface area contributed by atoms with Gasteiger partial charge in [-0.05, 0) is 42.2 Å². The summed E-state index contributed by atoms with van der Waals surface area (Å²) >= 11 is 1.61. The van der Waals surface area contributed by atoms with Gasteiger partial charge in [-0.1, -0.05) is 0 Å². The third kappa shape index (κ3) is 3.81. The van der Waals surface area contributed by atoms with E-state index in [-0.39, 0.29) is 17.6 Å². The Kier molecular flexibility index (Phi) is 5.24. The molecule has 1 N–H and O–H groups in total. The maximum absolute atomic E-state index is 12.3. The fraction of sp³-hybridized carbons (Fsp3) is 0.500. The standard InChI is InChI=1S/C16H20N4O3S/c1-2-23-16(22)15-17-14(18-19-15)12-3-6-20(7-4-12)13(21)9-11-5-8-24-10-11/h5,8,10,12H,2-4,6-7,9H2,1H3,(H,17,18,19). The zero-order valence-corrected chi connectivity index (χ0v) is 14.3. The smallest absolute Gasteiger partial charge is 0.378 e. The van der Waals surface area contributed by atoms with Gasteiger partial charge >= 0.3 is 5.97 Å². The van der Waals surface area contributed by atoms with Gasteiger partial charge in [-0.15, -0.1) is 5.10 Å². The lowest BCUT2D eigenvalue weighted by Crippen LogP contribution is -2.38. The van der Waals surface area contributed by atoms with E-state index >= 15 is 0 Å². The Morgan fingerprint density at radius 2 is 2.21 bits per heavy atom. The Bertz CT molecular complexity index is 690. The number of hydrogen-bond donors (Lipinski definition) is 1. The molecule has 0 bridgehead atoms. The minimum absolute atomic E-state index is 0.0720. The van der Waals surface area contributed by atoms with Crippen LogP contribution < -0.4 is 0 Å². The summed E-state index contributed by atoms with van der Waals surface area (Å²) in [4.78, 5) is 30.1. The van der Waals surface area contributed by atoms with Gasteiger partial charge in [0.25, 0.3) is 5.82 Å². The highest BCUT2D eigenvalue weighted by molar-refractivity contribution is 7.08. The quantitative estimate of drug-likeness (QED) is 0.835. The number of likely N-dealkylation sites (tertiary alicyclic amines) is 1. The van der Waals surface area contributed by atoms with Gasteiger partial charge in [-0.2, -0.15) is 11.3 Å². The average Bonchev–Trinajstić information content (AvgIpc) is 3.27. The van der Waals surface area contributed by atoms with Gasteiger partial charge in [-0.25, -0.2) is 9.78 Å². The molecule has 3 rings (SSSR count). The summed E-state index contributed by atoms with van der Waals surface area (Å²) in [7, 11) is 0. The van der Waals surface area contributed by atoms with Crippen molar-refractivity contribution >= 4 is 23.2 Å². The Morgan fingerprint density at radius 3 is 2.88 bits per heavy atom. The number of aromatic amines is 1. The Morgan fingerprint density at radius 1 is 1.42 bits per heavy atom. The zero-order valence-electron chi connectivity index (χ0n) is 13.5. The molecule has 1 aliphatic rings. The number of aromatic nitrogens is 3. The van der Waals surface area contributed by atoms with Gasteiger partial charge in [0.05, 0.1) is 13.0 Å². The molecular formula is C16H20N4O3S. The minimum Gasteiger partial charge on any atom is -0.460 e. The highest BCUT2D eigenvalue weighted by Crippen LogP contribution is 2.26. The molecule has 0 aromatic carbocycles. The molecule has 2 aromatic rings. The van der Waals surface area contributed by atoms with Crippen molar-refractivity contribution in [3.63, 3.8) is 0 Å². The largest absolute Gasteiger partial charge is 0.460 e. The first-order valence-corrected chi connectivity index (χ1v) is 9.00. The summed E-state index contributed by atoms with van der Waals surface area (Å²) in [5.41, 5.74) is 1.07. The SMILES string of the molecule is CCOC(=O)c1n[nH]c(C2CCN(C(=O)Cc3ccsc3)CC2)n1. The molecule has 1 saturated heterocycles. The van der Waals surface area contributed by atoms with Crippen LogP contribution in [0.25, 0.3) is 0 Å². The number of ether oxygens (including phenoxy) is 1. The molecule has 0 saturated carbocycles. The summed E-state index contributed by atoms with van der Waals surface area (Å²) in [6.07, 6.45) is 2.09. The van der Waals surface area contributed by atoms with E-state index in [2.05, 4.69) is 15.2 Å². The van der Waals surface area contributed by atoms with Crippen LogP contribution in [0.2, 0.25) is 0 Å². The first-order chi connectivity index (χ1) is 11.7. The third-order valence-corrected chi connectivity index (χ3v) is 4.86. The molecule has 0 unspecified atom stereocenters. The first-order valence-electron chi connectivity index (χ1n) is 8.05. The molecular weight excluding hydrogens is 328 g/mol. The number of amides is 1. The molecule has 0 radical (unpaired) electrons. The normalized spacial score (nSPS) is 15.5. The highest BCUT2D eigenvalue weighted by Gasteiger charge is 2.27. The van der Waals surface area contributed by atoms with Gasteiger partial charge in [0, 0.05) is 19.0 Å². The van der Waals surface area contributed by atoms with Crippen molar-refractivity contribution < 1.29 is 14.3 Å². The molecule has 24 heavy (non-hydrogen) atoms. The molecule has 1 amide bonds. The summed E-state index contributed by atoms with van der Waals surface area (Å²) in [6.45, 7) is 3.44. The van der Waals surface area contributed by atoms with Crippen molar-refractivity contribution in [1.29, 1.82) is 0 Å². The van der Waals surface area contributed by atoms with Gasteiger partial charge < -0.3 is 9.64 Å². The second kappa shape index (κ2) is 7.57. The van der Waals surface area contributed by atoms with Crippen LogP contribution >= 0.6 is 11.3 Å². The van der Waals surface area contributed by atoms with Crippen molar-refractivity contribution in [3.05, 3.63) is 34.0 Å². The minimum atomic E-state index is -0.511. The average molecular weight is 348 g/mol. The maximum Gasteiger partial charge on any atom is 0.378 e. The number of nitrogens with zero attached hydrogens (tertiary/aromatic N) is 3. The molecule has 1 aliphatic heterocycles. The number of esters is 1. The van der Waals surface area contributed by atoms with E-state index < -0.39 is 5.97 Å². The van der Waals surface area contributed by atoms with Crippen molar-refractivity contribution in [2.75, 3.05) is 19.7 Å². The van der Waals surface area contributed by atoms with Crippen molar-refractivity contribution in [2.24, 2.45) is 0 Å². The van der Waals surface area contributed by atoms with Crippen molar-refractivity contribution in [3.8, 4) is 0 Å². The number of piperidine rings is 1. The van der Waals surface area contributed by atoms with Crippen LogP contribution in [0.5, 0.6) is 0 Å². The third-order valence-electron chi connectivity index (χ3n) is 4.13. The molecule has 8 heteroatoms. The molecule has 0 aliphatic carbocycles. The van der Waals surface area contributed by atoms with Crippen molar-refractivity contribution in [1.82, 2.24) is 20.1 Å². The number of hydrogen-bond acceptors (Lipinski definition) is 6. The number of nitrogens with one attached hydrogen (secondary N) is 1. The lowest BCUT2D eigenvalue weighted by atomic mass is 9.96. The van der Waals surface area contributed by atoms with E-state index in [0.29, 0.717) is 31.9 Å². The molecule has 1 fully saturated rings. The van der Waals surface area contributed by atoms with Crippen LogP contribution in [-0.2, 0) is 16.0 Å². The number of thiophene rings is 1. The predicted molar refractivity (Wildman–Crippen MR) is 88.9 cm³/mol. The molecule has 2 aromatic heterocycles. The predicted octanol–water partition coefficient (Wildman–Crippen LogP) is 1.99. The van der Waals surface area contributed by atoms with Gasteiger partial charge in [0.2, 0.25) is 5.91 Å².